The van der Waals surface area contributed by atoms with E-state index in [2.05, 4.69) is 158 Å². The van der Waals surface area contributed by atoms with Crippen molar-refractivity contribution in [2.75, 3.05) is 73.1 Å². The van der Waals surface area contributed by atoms with Crippen LogP contribution >= 0.6 is 11.6 Å². The monoisotopic (exact) mass is 2050 g/mol. The zero-order valence-corrected chi connectivity index (χ0v) is 87.3. The highest BCUT2D eigenvalue weighted by atomic mass is 35.5. The van der Waals surface area contributed by atoms with Crippen LogP contribution < -0.4 is 161 Å². The number of fused-ring (bicyclic) bond motifs is 1. The average Bonchev–Trinajstić information content (AvgIpc) is 1.58. The Morgan fingerprint density at radius 1 is 0.468 bits per heavy atom. The molecule has 2 aliphatic heterocycles. The van der Waals surface area contributed by atoms with Gasteiger partial charge in [0, 0.05) is 111 Å². The SMILES string of the molecule is CCN(CC)c1ccc(N=Nc2n(C)cc[n+]2C)cc1.COc1cc(N=Nc2n(C)cc[n+]2C)ccc1N.Cc1cc(N=Nc2ccc3c(c2)CC(C)N3C)[n+](C)n1C.Cn1cc[n+](C)c1N=Nc1ccc(N)cc1.Cn1cc[n+](C)c1N=Nc1ccc(N)cc1Cl.Cn1cc[n+](C)c1N=Nc1ccc([N+]2(CCC#N)CC2C#N)cc1.Cn1nc[n+](C)c1N=Nc1ccc(N)cc1.[Cl-].[Cl-].[Cl-].[Cl-].[Cl-].[Cl-].[Cl-]. The first-order valence-electron chi connectivity index (χ1n) is 42.3. The van der Waals surface area contributed by atoms with Gasteiger partial charge in [0.1, 0.15) is 58.7 Å². The standard InChI is InChI=1S/C17H19N7.C16H22N5.C15H22N5.C12H15N5O.C11H12ClN5.C11H13N5.C10H12N6.7ClH/c1-22-9-10-23(2)17(22)21-20-14-4-6-15(7-5-14)24(11-3-8-18)13-16(24)12-19;1-11-8-13-10-14(6-7-15(13)19(11)3)17-18-16-9-12(2)20(4)21(16)5;1-5-20(6-2)14-9-7-13(8-10-14)16-17-15-18(3)11-12-19(15)4;1-16-6-7-17(2)12(16)15-14-9-4-5-10(13)11(8-9)18-3;1-16-5-6-17(2)11(16)15-14-10-4-3-8(13)7-9(10)12;1-15-7-8-16(2)11(15)14-13-10-5-3-9(12)4-6-10;1-15-7-12-16(2)10(15)14-13-9-5-3-8(11)4-6-9;;;;;;;/h4-7,9-10,16H,3,11,13H2,1-2H3;6-7,9-11H,8H2,1-5H3;7-12H,5-6H2,1-4H3;4-8,13H,1-3H3;3-7,13H,1-2H3;3-8,12H,1-2H3;3-7,11H,1-2H3;7*1H/q+2;2*+1;;;;;;;;;;;/p-3. The van der Waals surface area contributed by atoms with Crippen molar-refractivity contribution in [3.05, 3.63) is 242 Å². The molecule has 0 radical (unpaired) electrons. The minimum atomic E-state index is -0.0479. The van der Waals surface area contributed by atoms with Crippen molar-refractivity contribution < 1.29 is 124 Å². The van der Waals surface area contributed by atoms with E-state index in [1.54, 1.807) is 83.3 Å². The molecule has 3 unspecified atom stereocenters. The smallest absolute Gasteiger partial charge is 0.421 e. The summed E-state index contributed by atoms with van der Waals surface area (Å²) in [5.74, 6) is 5.99. The number of aromatic nitrogens is 15. The lowest BCUT2D eigenvalue weighted by Crippen LogP contribution is -3.00. The van der Waals surface area contributed by atoms with Crippen LogP contribution in [-0.2, 0) is 105 Å². The summed E-state index contributed by atoms with van der Waals surface area (Å²) in [5, 5.41) is 81.6. The second kappa shape index (κ2) is 56.6. The van der Waals surface area contributed by atoms with Gasteiger partial charge in [0.15, 0.2) is 6.54 Å². The summed E-state index contributed by atoms with van der Waals surface area (Å²) in [6.45, 7) is 12.1. The van der Waals surface area contributed by atoms with Crippen molar-refractivity contribution >= 4 is 133 Å². The van der Waals surface area contributed by atoms with Crippen molar-refractivity contribution in [1.82, 2.24) is 41.8 Å². The second-order valence-corrected chi connectivity index (χ2v) is 31.8. The third kappa shape index (κ3) is 32.6. The number of nitrogen functional groups attached to an aromatic ring is 4. The molecule has 738 valence electrons. The number of nitriles is 2. The Balaban J connectivity index is 0.000000415. The first-order chi connectivity index (χ1) is 63.2. The molecule has 0 bridgehead atoms. The van der Waals surface area contributed by atoms with Gasteiger partial charge in [0.05, 0.1) is 206 Å². The topological polar surface area (TPSA) is 415 Å². The van der Waals surface area contributed by atoms with Crippen molar-refractivity contribution in [3.63, 3.8) is 0 Å². The van der Waals surface area contributed by atoms with E-state index in [0.717, 1.165) is 107 Å². The highest BCUT2D eigenvalue weighted by Crippen LogP contribution is 2.40. The maximum atomic E-state index is 9.21. The van der Waals surface area contributed by atoms with Crippen LogP contribution in [0.25, 0.3) is 0 Å². The Hall–Kier alpha value is -14.0. The second-order valence-electron chi connectivity index (χ2n) is 31.4. The zero-order valence-electron chi connectivity index (χ0n) is 81.2. The van der Waals surface area contributed by atoms with E-state index >= 15 is 0 Å². The fourth-order valence-corrected chi connectivity index (χ4v) is 13.8. The number of ether oxygens (including phenoxy) is 1. The van der Waals surface area contributed by atoms with Gasteiger partial charge in [-0.25, -0.2) is 54.9 Å². The molecule has 14 aromatic rings. The lowest BCUT2D eigenvalue weighted by atomic mass is 10.1. The van der Waals surface area contributed by atoms with Gasteiger partial charge in [-0.15, -0.1) is 4.68 Å². The first-order valence-corrected chi connectivity index (χ1v) is 42.6. The van der Waals surface area contributed by atoms with Crippen LogP contribution in [-0.4, -0.2) is 89.7 Å². The predicted octanol–water partition coefficient (Wildman–Crippen LogP) is -5.07. The number of nitrogens with zero attached hydrogens (tertiary/aromatic N) is 34. The number of anilines is 6. The van der Waals surface area contributed by atoms with Crippen LogP contribution in [0.2, 0.25) is 5.02 Å². The highest BCUT2D eigenvalue weighted by molar-refractivity contribution is 6.33. The molecule has 2 aliphatic rings. The molecule has 39 nitrogen and oxygen atoms in total. The molecule has 0 aliphatic carbocycles. The largest absolute Gasteiger partial charge is 1.00 e. The zero-order chi connectivity index (χ0) is 95.5. The van der Waals surface area contributed by atoms with Crippen molar-refractivity contribution in [3.8, 4) is 17.9 Å². The van der Waals surface area contributed by atoms with Gasteiger partial charge < -0.3 is 124 Å². The number of aryl methyl sites for hydroxylation is 13. The van der Waals surface area contributed by atoms with Crippen LogP contribution in [0.4, 0.5) is 121 Å². The van der Waals surface area contributed by atoms with E-state index in [1.165, 1.54) is 16.9 Å². The number of quaternary nitrogens is 1. The van der Waals surface area contributed by atoms with E-state index in [1.807, 2.05) is 288 Å². The molecule has 3 atom stereocenters. The molecule has 1 saturated heterocycles. The van der Waals surface area contributed by atoms with Gasteiger partial charge in [-0.1, -0.05) is 42.3 Å². The molecule has 7 aromatic heterocycles. The maximum Gasteiger partial charge on any atom is 0.421 e. The molecule has 139 heavy (non-hydrogen) atoms. The van der Waals surface area contributed by atoms with E-state index < -0.39 is 0 Å². The fourth-order valence-electron chi connectivity index (χ4n) is 13.6. The lowest BCUT2D eigenvalue weighted by Gasteiger charge is -2.20. The fraction of sp³-hybridized carbons (Fsp3) is 0.304. The number of azo groups is 7. The molecule has 16 rings (SSSR count). The van der Waals surface area contributed by atoms with E-state index in [-0.39, 0.29) is 92.9 Å². The Labute approximate surface area is 858 Å². The van der Waals surface area contributed by atoms with Gasteiger partial charge in [-0.2, -0.15) is 15.2 Å². The number of halogens is 8. The Morgan fingerprint density at radius 2 is 0.856 bits per heavy atom. The number of hydrogen-bond donors (Lipinski definition) is 4. The van der Waals surface area contributed by atoms with Crippen molar-refractivity contribution in [2.24, 2.45) is 170 Å². The third-order valence-corrected chi connectivity index (χ3v) is 22.1. The normalized spacial score (nSPS) is 13.5. The molecule has 0 saturated carbocycles. The average molecular weight is 2060 g/mol. The minimum absolute atomic E-state index is 0. The van der Waals surface area contributed by atoms with Gasteiger partial charge in [-0.3, -0.25) is 4.48 Å². The maximum absolute atomic E-state index is 9.21. The molecule has 9 heterocycles. The van der Waals surface area contributed by atoms with E-state index in [9.17, 15) is 5.26 Å². The number of hydrogen-bond acceptors (Lipinski definition) is 24. The van der Waals surface area contributed by atoms with Crippen LogP contribution in [0.1, 0.15) is 38.4 Å². The first kappa shape index (κ1) is 119. The summed E-state index contributed by atoms with van der Waals surface area (Å²) in [4.78, 5) is 4.62. The number of nitrogens with two attached hydrogens (primary N) is 4. The molecular formula is C92H119Cl8N38O+. The van der Waals surface area contributed by atoms with Gasteiger partial charge >= 0.3 is 41.5 Å². The Bertz CT molecular complexity index is 6340. The molecule has 0 amide bonds. The molecule has 47 heteroatoms. The van der Waals surface area contributed by atoms with Crippen LogP contribution in [0.3, 0.4) is 0 Å². The Kier molecular flexibility index (Phi) is 48.6. The van der Waals surface area contributed by atoms with Crippen LogP contribution in [0.15, 0.2) is 298 Å². The van der Waals surface area contributed by atoms with Gasteiger partial charge in [0.2, 0.25) is 12.4 Å². The van der Waals surface area contributed by atoms with E-state index in [4.69, 9.17) is 44.5 Å². The summed E-state index contributed by atoms with van der Waals surface area (Å²) in [5.41, 5.74) is 36.6. The minimum Gasteiger partial charge on any atom is -1.00 e. The molecule has 7 aromatic carbocycles. The third-order valence-electron chi connectivity index (χ3n) is 21.8. The van der Waals surface area contributed by atoms with E-state index in [0.29, 0.717) is 68.6 Å². The Morgan fingerprint density at radius 3 is 1.23 bits per heavy atom. The lowest BCUT2D eigenvalue weighted by molar-refractivity contribution is -0.740. The predicted molar refractivity (Wildman–Crippen MR) is 508 cm³/mol. The summed E-state index contributed by atoms with van der Waals surface area (Å²) in [6.07, 6.45) is 22.4. The quantitative estimate of drug-likeness (QED) is 0.0174. The van der Waals surface area contributed by atoms with Crippen molar-refractivity contribution in [1.29, 1.82) is 10.5 Å². The summed E-state index contributed by atoms with van der Waals surface area (Å²) >= 11 is 6.00. The number of rotatable bonds is 21. The van der Waals surface area contributed by atoms with Crippen LogP contribution in [0, 0.1) is 29.6 Å². The molecule has 0 spiro atoms. The van der Waals surface area contributed by atoms with Gasteiger partial charge in [-0.05, 0) is 183 Å². The van der Waals surface area contributed by atoms with Crippen molar-refractivity contribution in [2.45, 2.75) is 52.6 Å². The highest BCUT2D eigenvalue weighted by Gasteiger charge is 2.57. The molecule has 8 N–H and O–H groups in total. The molecule has 1 fully saturated rings. The number of imidazole rings is 5. The summed E-state index contributed by atoms with van der Waals surface area (Å²) in [6, 6.07) is 54.2. The van der Waals surface area contributed by atoms with Crippen LogP contribution in [0.5, 0.6) is 5.75 Å². The number of methoxy groups -OCH3 is 1. The van der Waals surface area contributed by atoms with Gasteiger partial charge in [0.25, 0.3) is 0 Å². The molecular weight excluding hydrogens is 1940 g/mol. The summed E-state index contributed by atoms with van der Waals surface area (Å²) < 4.78 is 32.2. The number of benzene rings is 7. The number of likely N-dealkylation sites (N-methyl/N-ethyl adjacent to an activating group) is 1. The summed E-state index contributed by atoms with van der Waals surface area (Å²) in [7, 11) is 30.6.